The van der Waals surface area contributed by atoms with Gasteiger partial charge in [-0.3, -0.25) is 4.79 Å². The second kappa shape index (κ2) is 8.43. The van der Waals surface area contributed by atoms with Gasteiger partial charge in [0, 0.05) is 17.0 Å². The molecule has 1 fully saturated rings. The number of hydrogen-bond acceptors (Lipinski definition) is 3. The van der Waals surface area contributed by atoms with E-state index in [2.05, 4.69) is 9.97 Å². The fourth-order valence-electron chi connectivity index (χ4n) is 3.85. The quantitative estimate of drug-likeness (QED) is 0.667. The van der Waals surface area contributed by atoms with Crippen LogP contribution in [0.15, 0.2) is 47.3 Å². The van der Waals surface area contributed by atoms with Gasteiger partial charge in [0.25, 0.3) is 0 Å². The highest BCUT2D eigenvalue weighted by Crippen LogP contribution is 2.30. The van der Waals surface area contributed by atoms with E-state index in [1.807, 2.05) is 54.3 Å². The Bertz CT molecular complexity index is 1070. The molecule has 4 rings (SSSR count). The number of ether oxygens (including phenoxy) is 1. The Kier molecular flexibility index (Phi) is 5.74. The van der Waals surface area contributed by atoms with E-state index in [-0.39, 0.29) is 23.7 Å². The standard InChI is InChI=1S/C22H24ClN3O3/c1-14-13-29-20(16-6-2-3-7-17(16)23)12-26(14)21(27)8-4-5-15-9-10-18-19(11-15)25-22(28)24-18/h2-3,6-7,9-11,14,20H,4-5,8,12-13H2,1H3,(H2,24,25,28)/t14-,20-/m1/s1. The third-order valence-electron chi connectivity index (χ3n) is 5.44. The summed E-state index contributed by atoms with van der Waals surface area (Å²) in [5.74, 6) is 0.133. The highest BCUT2D eigenvalue weighted by Gasteiger charge is 2.30. The fraction of sp³-hybridized carbons (Fsp3) is 0.364. The Balaban J connectivity index is 1.36. The molecule has 2 atom stereocenters. The van der Waals surface area contributed by atoms with Crippen molar-refractivity contribution in [2.45, 2.75) is 38.3 Å². The maximum Gasteiger partial charge on any atom is 0.323 e. The van der Waals surface area contributed by atoms with E-state index in [0.717, 1.165) is 35.0 Å². The van der Waals surface area contributed by atoms with Crippen LogP contribution in [0, 0.1) is 0 Å². The molecule has 0 bridgehead atoms. The molecule has 2 N–H and O–H groups in total. The molecular formula is C22H24ClN3O3. The molecule has 2 heterocycles. The van der Waals surface area contributed by atoms with E-state index in [0.29, 0.717) is 24.6 Å². The predicted molar refractivity (Wildman–Crippen MR) is 113 cm³/mol. The lowest BCUT2D eigenvalue weighted by atomic mass is 10.0. The van der Waals surface area contributed by atoms with Crippen molar-refractivity contribution < 1.29 is 9.53 Å². The van der Waals surface area contributed by atoms with E-state index in [4.69, 9.17) is 16.3 Å². The van der Waals surface area contributed by atoms with Gasteiger partial charge in [0.1, 0.15) is 6.10 Å². The van der Waals surface area contributed by atoms with Gasteiger partial charge in [-0.2, -0.15) is 0 Å². The van der Waals surface area contributed by atoms with Crippen LogP contribution >= 0.6 is 11.6 Å². The van der Waals surface area contributed by atoms with Gasteiger partial charge in [0.05, 0.1) is 30.2 Å². The Morgan fingerprint density at radius 2 is 2.00 bits per heavy atom. The molecule has 6 nitrogen and oxygen atoms in total. The van der Waals surface area contributed by atoms with Gasteiger partial charge in [0.2, 0.25) is 5.91 Å². The van der Waals surface area contributed by atoms with Crippen LogP contribution in [0.3, 0.4) is 0 Å². The van der Waals surface area contributed by atoms with Gasteiger partial charge in [-0.05, 0) is 43.5 Å². The first-order chi connectivity index (χ1) is 14.0. The number of aryl methyl sites for hydroxylation is 1. The smallest absolute Gasteiger partial charge is 0.323 e. The minimum absolute atomic E-state index is 0.0440. The number of carbonyl (C=O) groups excluding carboxylic acids is 1. The number of nitrogens with one attached hydrogen (secondary N) is 2. The van der Waals surface area contributed by atoms with Crippen LogP contribution in [0.5, 0.6) is 0 Å². The molecule has 2 aromatic carbocycles. The van der Waals surface area contributed by atoms with Crippen molar-refractivity contribution in [3.05, 3.63) is 69.1 Å². The number of halogens is 1. The summed E-state index contributed by atoms with van der Waals surface area (Å²) in [6.45, 7) is 3.02. The fourth-order valence-corrected chi connectivity index (χ4v) is 4.11. The molecule has 1 amide bonds. The number of benzene rings is 2. The van der Waals surface area contributed by atoms with Crippen molar-refractivity contribution in [3.63, 3.8) is 0 Å². The molecule has 1 aromatic heterocycles. The van der Waals surface area contributed by atoms with Gasteiger partial charge < -0.3 is 19.6 Å². The van der Waals surface area contributed by atoms with Crippen LogP contribution < -0.4 is 5.69 Å². The lowest BCUT2D eigenvalue weighted by molar-refractivity contribution is -0.144. The van der Waals surface area contributed by atoms with Crippen LogP contribution in [0.4, 0.5) is 0 Å². The lowest BCUT2D eigenvalue weighted by Gasteiger charge is -2.38. The summed E-state index contributed by atoms with van der Waals surface area (Å²) in [5, 5.41) is 0.664. The summed E-state index contributed by atoms with van der Waals surface area (Å²) in [4.78, 5) is 31.7. The van der Waals surface area contributed by atoms with E-state index in [1.165, 1.54) is 0 Å². The Morgan fingerprint density at radius 1 is 1.21 bits per heavy atom. The van der Waals surface area contributed by atoms with Crippen LogP contribution in [0.2, 0.25) is 5.02 Å². The summed E-state index contributed by atoms with van der Waals surface area (Å²) >= 11 is 6.31. The summed E-state index contributed by atoms with van der Waals surface area (Å²) < 4.78 is 5.94. The highest BCUT2D eigenvalue weighted by atomic mass is 35.5. The number of imidazole rings is 1. The Hall–Kier alpha value is -2.57. The summed E-state index contributed by atoms with van der Waals surface area (Å²) in [6.07, 6.45) is 1.81. The molecule has 29 heavy (non-hydrogen) atoms. The average Bonchev–Trinajstić information content (AvgIpc) is 3.08. The second-order valence-electron chi connectivity index (χ2n) is 7.55. The molecule has 3 aromatic rings. The number of aromatic amines is 2. The summed E-state index contributed by atoms with van der Waals surface area (Å²) in [7, 11) is 0. The molecule has 0 radical (unpaired) electrons. The number of rotatable bonds is 5. The summed E-state index contributed by atoms with van der Waals surface area (Å²) in [5.41, 5.74) is 3.41. The number of aromatic nitrogens is 2. The lowest BCUT2D eigenvalue weighted by Crippen LogP contribution is -2.48. The normalized spacial score (nSPS) is 19.6. The number of amides is 1. The van der Waals surface area contributed by atoms with E-state index in [1.54, 1.807) is 0 Å². The number of hydrogen-bond donors (Lipinski definition) is 2. The van der Waals surface area contributed by atoms with Crippen LogP contribution in [0.1, 0.15) is 37.0 Å². The first-order valence-corrected chi connectivity index (χ1v) is 10.3. The maximum absolute atomic E-state index is 12.9. The largest absolute Gasteiger partial charge is 0.369 e. The summed E-state index contributed by atoms with van der Waals surface area (Å²) in [6, 6.07) is 13.5. The van der Waals surface area contributed by atoms with Crippen molar-refractivity contribution in [1.82, 2.24) is 14.9 Å². The Morgan fingerprint density at radius 3 is 2.83 bits per heavy atom. The Labute approximate surface area is 173 Å². The van der Waals surface area contributed by atoms with Gasteiger partial charge in [-0.25, -0.2) is 4.79 Å². The minimum Gasteiger partial charge on any atom is -0.369 e. The predicted octanol–water partition coefficient (Wildman–Crippen LogP) is 3.82. The molecule has 0 saturated carbocycles. The van der Waals surface area contributed by atoms with Gasteiger partial charge in [0.15, 0.2) is 0 Å². The molecule has 7 heteroatoms. The first-order valence-electron chi connectivity index (χ1n) is 9.87. The first kappa shape index (κ1) is 19.7. The van der Waals surface area contributed by atoms with E-state index < -0.39 is 0 Å². The third-order valence-corrected chi connectivity index (χ3v) is 5.79. The highest BCUT2D eigenvalue weighted by molar-refractivity contribution is 6.31. The topological polar surface area (TPSA) is 78.2 Å². The van der Waals surface area contributed by atoms with Crippen molar-refractivity contribution in [1.29, 1.82) is 0 Å². The van der Waals surface area contributed by atoms with Crippen LogP contribution in [-0.2, 0) is 16.0 Å². The number of morpholine rings is 1. The number of carbonyl (C=O) groups is 1. The third kappa shape index (κ3) is 4.38. The minimum atomic E-state index is -0.207. The molecule has 0 spiro atoms. The molecule has 0 aliphatic carbocycles. The SMILES string of the molecule is C[C@@H]1CO[C@@H](c2ccccc2Cl)CN1C(=O)CCCc1ccc2[nH]c(=O)[nH]c2c1. The van der Waals surface area contributed by atoms with Gasteiger partial charge in [-0.15, -0.1) is 0 Å². The molecule has 1 saturated heterocycles. The van der Waals surface area contributed by atoms with Crippen molar-refractivity contribution >= 4 is 28.5 Å². The van der Waals surface area contributed by atoms with Crippen LogP contribution in [0.25, 0.3) is 11.0 Å². The zero-order valence-electron chi connectivity index (χ0n) is 16.3. The number of nitrogens with zero attached hydrogens (tertiary/aromatic N) is 1. The average molecular weight is 414 g/mol. The van der Waals surface area contributed by atoms with Crippen molar-refractivity contribution in [2.24, 2.45) is 0 Å². The van der Waals surface area contributed by atoms with Gasteiger partial charge >= 0.3 is 5.69 Å². The maximum atomic E-state index is 12.9. The molecule has 152 valence electrons. The zero-order chi connectivity index (χ0) is 20.4. The molecule has 0 unspecified atom stereocenters. The molecule has 1 aliphatic heterocycles. The van der Waals surface area contributed by atoms with Gasteiger partial charge in [-0.1, -0.05) is 35.9 Å². The molecular weight excluding hydrogens is 390 g/mol. The second-order valence-corrected chi connectivity index (χ2v) is 7.96. The zero-order valence-corrected chi connectivity index (χ0v) is 17.0. The molecule has 1 aliphatic rings. The number of H-pyrrole nitrogens is 2. The number of fused-ring (bicyclic) bond motifs is 1. The van der Waals surface area contributed by atoms with E-state index >= 15 is 0 Å². The van der Waals surface area contributed by atoms with Crippen molar-refractivity contribution in [3.8, 4) is 0 Å². The van der Waals surface area contributed by atoms with Crippen LogP contribution in [-0.4, -0.2) is 40.0 Å². The van der Waals surface area contributed by atoms with Crippen molar-refractivity contribution in [2.75, 3.05) is 13.2 Å². The monoisotopic (exact) mass is 413 g/mol. The van der Waals surface area contributed by atoms with E-state index in [9.17, 15) is 9.59 Å².